The summed E-state index contributed by atoms with van der Waals surface area (Å²) in [5.74, 6) is -3.67. The predicted molar refractivity (Wildman–Crippen MR) is 161 cm³/mol. The summed E-state index contributed by atoms with van der Waals surface area (Å²) in [6, 6.07) is 10.5. The molecule has 1 aliphatic rings. The molecule has 1 fully saturated rings. The molecular formula is C32H30O15. The second kappa shape index (κ2) is 13.5. The number of esters is 1. The number of carbonyl (C=O) groups excluding carboxylic acids is 1. The van der Waals surface area contributed by atoms with Gasteiger partial charge >= 0.3 is 5.97 Å². The average molecular weight is 655 g/mol. The van der Waals surface area contributed by atoms with E-state index in [9.17, 15) is 45.3 Å². The van der Waals surface area contributed by atoms with Crippen LogP contribution < -0.4 is 19.6 Å². The standard InChI is InChI=1S/C32H30O15/c1-42-19-11-14(3-9-17(19)35)4-10-22(37)45-31-27(41)24(38)21(13-33)44-32(31)47-30-26(40)23-18(36)12-20(43-2)25(39)29(23)46-28(30)15-5-7-16(34)8-6-15/h3-12,21,24,27,31-36,38-39,41H,13H2,1-2H3/b10-4+/t21-,24-,27+,31-,32+/m1/s1. The smallest absolute Gasteiger partial charge is 0.331 e. The fourth-order valence-electron chi connectivity index (χ4n) is 4.89. The molecule has 3 aromatic carbocycles. The summed E-state index contributed by atoms with van der Waals surface area (Å²) < 4.78 is 32.9. The van der Waals surface area contributed by atoms with Crippen LogP contribution in [0.1, 0.15) is 5.56 Å². The van der Waals surface area contributed by atoms with Gasteiger partial charge in [0.05, 0.1) is 20.8 Å². The second-order valence-corrected chi connectivity index (χ2v) is 10.3. The minimum Gasteiger partial charge on any atom is -0.508 e. The molecule has 5 rings (SSSR count). The molecule has 1 saturated heterocycles. The van der Waals surface area contributed by atoms with E-state index >= 15 is 0 Å². The van der Waals surface area contributed by atoms with Crippen molar-refractivity contribution >= 4 is 23.0 Å². The highest BCUT2D eigenvalue weighted by Crippen LogP contribution is 2.43. The number of carbonyl (C=O) groups is 1. The third-order valence-electron chi connectivity index (χ3n) is 7.32. The molecule has 1 aromatic heterocycles. The lowest BCUT2D eigenvalue weighted by Crippen LogP contribution is -2.61. The zero-order valence-corrected chi connectivity index (χ0v) is 24.8. The number of ether oxygens (including phenoxy) is 5. The van der Waals surface area contributed by atoms with Gasteiger partial charge in [-0.3, -0.25) is 4.79 Å². The van der Waals surface area contributed by atoms with Gasteiger partial charge in [-0.05, 0) is 48.0 Å². The Bertz CT molecular complexity index is 1860. The van der Waals surface area contributed by atoms with Crippen molar-refractivity contribution < 1.29 is 68.6 Å². The van der Waals surface area contributed by atoms with Crippen molar-refractivity contribution in [1.82, 2.24) is 0 Å². The van der Waals surface area contributed by atoms with Gasteiger partial charge in [-0.1, -0.05) is 6.07 Å². The third-order valence-corrected chi connectivity index (χ3v) is 7.32. The van der Waals surface area contributed by atoms with Crippen molar-refractivity contribution in [3.8, 4) is 51.6 Å². The van der Waals surface area contributed by atoms with E-state index in [2.05, 4.69) is 0 Å². The van der Waals surface area contributed by atoms with Crippen LogP contribution in [0.25, 0.3) is 28.4 Å². The van der Waals surface area contributed by atoms with Gasteiger partial charge in [-0.25, -0.2) is 4.79 Å². The highest BCUT2D eigenvalue weighted by molar-refractivity contribution is 5.93. The summed E-state index contributed by atoms with van der Waals surface area (Å²) in [7, 11) is 2.56. The summed E-state index contributed by atoms with van der Waals surface area (Å²) >= 11 is 0. The molecule has 5 atom stereocenters. The molecule has 15 nitrogen and oxygen atoms in total. The van der Waals surface area contributed by atoms with Crippen LogP contribution in [-0.2, 0) is 14.3 Å². The molecule has 15 heteroatoms. The summed E-state index contributed by atoms with van der Waals surface area (Å²) in [4.78, 5) is 26.8. The maximum Gasteiger partial charge on any atom is 0.331 e. The lowest BCUT2D eigenvalue weighted by molar-refractivity contribution is -0.281. The Hall–Kier alpha value is -5.48. The molecule has 0 bridgehead atoms. The van der Waals surface area contributed by atoms with Crippen LogP contribution in [0.5, 0.6) is 40.2 Å². The number of aromatic hydroxyl groups is 4. The molecule has 4 aromatic rings. The monoisotopic (exact) mass is 654 g/mol. The van der Waals surface area contributed by atoms with Crippen LogP contribution in [0.4, 0.5) is 0 Å². The summed E-state index contributed by atoms with van der Waals surface area (Å²) in [5.41, 5.74) is -0.957. The van der Waals surface area contributed by atoms with E-state index in [0.29, 0.717) is 5.56 Å². The lowest BCUT2D eigenvalue weighted by atomic mass is 9.99. The number of hydrogen-bond donors (Lipinski definition) is 7. The van der Waals surface area contributed by atoms with Crippen molar-refractivity contribution in [2.24, 2.45) is 0 Å². The number of methoxy groups -OCH3 is 2. The Morgan fingerprint density at radius 2 is 1.62 bits per heavy atom. The Kier molecular flexibility index (Phi) is 9.44. The number of aliphatic hydroxyl groups is 3. The van der Waals surface area contributed by atoms with Crippen LogP contribution in [0.3, 0.4) is 0 Å². The van der Waals surface area contributed by atoms with Gasteiger partial charge in [0, 0.05) is 17.7 Å². The van der Waals surface area contributed by atoms with E-state index in [0.717, 1.165) is 12.1 Å². The van der Waals surface area contributed by atoms with Gasteiger partial charge in [0.15, 0.2) is 34.7 Å². The first-order valence-electron chi connectivity index (χ1n) is 13.9. The van der Waals surface area contributed by atoms with E-state index in [-0.39, 0.29) is 34.3 Å². The Balaban J connectivity index is 1.57. The zero-order chi connectivity index (χ0) is 34.0. The lowest BCUT2D eigenvalue weighted by Gasteiger charge is -2.41. The molecule has 1 aliphatic heterocycles. The van der Waals surface area contributed by atoms with Gasteiger partial charge in [0.1, 0.15) is 35.2 Å². The molecule has 0 unspecified atom stereocenters. The maximum absolute atomic E-state index is 13.9. The highest BCUT2D eigenvalue weighted by Gasteiger charge is 2.48. The van der Waals surface area contributed by atoms with E-state index in [1.807, 2.05) is 0 Å². The zero-order valence-electron chi connectivity index (χ0n) is 24.8. The number of rotatable bonds is 9. The quantitative estimate of drug-likeness (QED) is 0.0773. The maximum atomic E-state index is 13.9. The first kappa shape index (κ1) is 32.9. The number of phenols is 4. The summed E-state index contributed by atoms with van der Waals surface area (Å²) in [5, 5.41) is 71.8. The van der Waals surface area contributed by atoms with Gasteiger partial charge in [-0.15, -0.1) is 0 Å². The molecule has 2 heterocycles. The fourth-order valence-corrected chi connectivity index (χ4v) is 4.89. The minimum atomic E-state index is -1.90. The largest absolute Gasteiger partial charge is 0.508 e. The van der Waals surface area contributed by atoms with E-state index in [4.69, 9.17) is 28.1 Å². The van der Waals surface area contributed by atoms with Crippen LogP contribution in [0, 0.1) is 0 Å². The number of aliphatic hydroxyl groups excluding tert-OH is 3. The molecular weight excluding hydrogens is 624 g/mol. The number of hydrogen-bond acceptors (Lipinski definition) is 15. The number of fused-ring (bicyclic) bond motifs is 1. The third kappa shape index (κ3) is 6.45. The fraction of sp³-hybridized carbons (Fsp3) is 0.250. The summed E-state index contributed by atoms with van der Waals surface area (Å²) in [6.07, 6.45) is -6.50. The Morgan fingerprint density at radius 1 is 0.915 bits per heavy atom. The van der Waals surface area contributed by atoms with Crippen LogP contribution >= 0.6 is 0 Å². The Morgan fingerprint density at radius 3 is 2.28 bits per heavy atom. The molecule has 0 radical (unpaired) electrons. The van der Waals surface area contributed by atoms with Crippen molar-refractivity contribution in [2.45, 2.75) is 30.7 Å². The topological polar surface area (TPSA) is 235 Å². The number of phenolic OH excluding ortho intramolecular Hbond substituents is 4. The Labute approximate surface area is 265 Å². The average Bonchev–Trinajstić information content (AvgIpc) is 3.06. The van der Waals surface area contributed by atoms with E-state index in [1.54, 1.807) is 0 Å². The molecule has 0 aliphatic carbocycles. The van der Waals surface area contributed by atoms with Crippen molar-refractivity contribution in [2.75, 3.05) is 20.8 Å². The highest BCUT2D eigenvalue weighted by atomic mass is 16.7. The molecule has 0 spiro atoms. The normalized spacial score (nSPS) is 21.1. The van der Waals surface area contributed by atoms with E-state index < -0.39 is 76.9 Å². The van der Waals surface area contributed by atoms with Crippen molar-refractivity contribution in [1.29, 1.82) is 0 Å². The summed E-state index contributed by atoms with van der Waals surface area (Å²) in [6.45, 7) is -0.813. The first-order valence-corrected chi connectivity index (χ1v) is 13.9. The van der Waals surface area contributed by atoms with Crippen LogP contribution in [0.15, 0.2) is 63.8 Å². The number of benzene rings is 3. The molecule has 7 N–H and O–H groups in total. The molecule has 0 saturated carbocycles. The van der Waals surface area contributed by atoms with Gasteiger partial charge in [0.25, 0.3) is 0 Å². The van der Waals surface area contributed by atoms with Gasteiger partial charge < -0.3 is 63.8 Å². The van der Waals surface area contributed by atoms with Crippen LogP contribution in [-0.4, -0.2) is 93.2 Å². The minimum absolute atomic E-state index is 0.130. The van der Waals surface area contributed by atoms with E-state index in [1.165, 1.54) is 62.8 Å². The van der Waals surface area contributed by atoms with Gasteiger partial charge in [0.2, 0.25) is 23.2 Å². The second-order valence-electron chi connectivity index (χ2n) is 10.3. The first-order chi connectivity index (χ1) is 22.5. The SMILES string of the molecule is COc1cc(/C=C/C(=O)O[C@H]2[C@H](Oc3c(-c4ccc(O)cc4)oc4c(O)c(OC)cc(O)c4c3=O)O[C@H](CO)[C@@H](O)[C@@H]2O)ccc1O. The van der Waals surface area contributed by atoms with Gasteiger partial charge in [-0.2, -0.15) is 0 Å². The molecule has 248 valence electrons. The molecule has 0 amide bonds. The molecule has 47 heavy (non-hydrogen) atoms. The van der Waals surface area contributed by atoms with Crippen LogP contribution in [0.2, 0.25) is 0 Å². The van der Waals surface area contributed by atoms with Crippen molar-refractivity contribution in [3.05, 3.63) is 70.4 Å². The predicted octanol–water partition coefficient (Wildman–Crippen LogP) is 1.74. The van der Waals surface area contributed by atoms with Crippen molar-refractivity contribution in [3.63, 3.8) is 0 Å².